The van der Waals surface area contributed by atoms with E-state index in [0.29, 0.717) is 0 Å². The van der Waals surface area contributed by atoms with Crippen LogP contribution < -0.4 is 0 Å². The largest absolute Gasteiger partial charge is 0.362 e. The molecule has 1 rings (SSSR count). The predicted molar refractivity (Wildman–Crippen MR) is 62.8 cm³/mol. The Balaban J connectivity index is 0.000000810. The molecule has 0 atom stereocenters. The number of alkyl halides is 1. The van der Waals surface area contributed by atoms with E-state index in [1.54, 1.807) is 0 Å². The van der Waals surface area contributed by atoms with Crippen molar-refractivity contribution in [3.8, 4) is 0 Å². The second-order valence-corrected chi connectivity index (χ2v) is 3.28. The highest BCUT2D eigenvalue weighted by molar-refractivity contribution is 14.1. The van der Waals surface area contributed by atoms with E-state index >= 15 is 0 Å². The summed E-state index contributed by atoms with van der Waals surface area (Å²) in [6, 6.07) is 0. The zero-order valence-electron chi connectivity index (χ0n) is 5.96. The third kappa shape index (κ3) is 3.27. The summed E-state index contributed by atoms with van der Waals surface area (Å²) in [5, 5.41) is 0. The van der Waals surface area contributed by atoms with Gasteiger partial charge in [0.25, 0.3) is 0 Å². The van der Waals surface area contributed by atoms with Gasteiger partial charge in [-0.3, -0.25) is 0 Å². The number of hydrogen-bond donors (Lipinski definition) is 0. The number of hydrogen-bond acceptors (Lipinski definition) is 2. The molecule has 1 aliphatic heterocycles. The maximum absolute atomic E-state index is 2.39. The highest BCUT2D eigenvalue weighted by atomic mass is 127. The Kier molecular flexibility index (Phi) is 5.89. The summed E-state index contributed by atoms with van der Waals surface area (Å²) in [5.41, 5.74) is 0. The van der Waals surface area contributed by atoms with Gasteiger partial charge in [0.05, 0.1) is 6.67 Å². The van der Waals surface area contributed by atoms with Crippen LogP contribution >= 0.6 is 46.6 Å². The van der Waals surface area contributed by atoms with Crippen molar-refractivity contribution in [2.45, 2.75) is 0 Å². The molecule has 60 valence electrons. The fraction of sp³-hybridized carbons (Fsp3) is 0.667. The van der Waals surface area contributed by atoms with E-state index < -0.39 is 0 Å². The van der Waals surface area contributed by atoms with E-state index in [4.69, 9.17) is 0 Å². The van der Waals surface area contributed by atoms with Crippen molar-refractivity contribution >= 4 is 46.6 Å². The molecule has 0 saturated carbocycles. The molecular formula is C6H12I2N2. The van der Waals surface area contributed by atoms with Crippen LogP contribution in [0.2, 0.25) is 0 Å². The smallest absolute Gasteiger partial charge is 0.0891 e. The molecule has 1 aliphatic rings. The van der Waals surface area contributed by atoms with Crippen molar-refractivity contribution in [3.05, 3.63) is 12.4 Å². The van der Waals surface area contributed by atoms with Gasteiger partial charge in [-0.25, -0.2) is 0 Å². The minimum absolute atomic E-state index is 0. The Bertz CT molecular complexity index is 116. The van der Waals surface area contributed by atoms with Crippen LogP contribution in [0.1, 0.15) is 0 Å². The van der Waals surface area contributed by atoms with Gasteiger partial charge in [-0.2, -0.15) is 0 Å². The van der Waals surface area contributed by atoms with Gasteiger partial charge in [0.15, 0.2) is 0 Å². The van der Waals surface area contributed by atoms with Crippen molar-refractivity contribution < 1.29 is 0 Å². The lowest BCUT2D eigenvalue weighted by Crippen LogP contribution is -2.23. The number of halogens is 2. The molecule has 0 aliphatic carbocycles. The van der Waals surface area contributed by atoms with E-state index in [1.807, 2.05) is 0 Å². The minimum atomic E-state index is 0. The lowest BCUT2D eigenvalue weighted by atomic mass is 10.6. The van der Waals surface area contributed by atoms with E-state index in [9.17, 15) is 0 Å². The Hall–Kier alpha value is 0.800. The van der Waals surface area contributed by atoms with Gasteiger partial charge in [-0.15, -0.1) is 24.0 Å². The van der Waals surface area contributed by atoms with Crippen molar-refractivity contribution in [1.82, 2.24) is 9.80 Å². The lowest BCUT2D eigenvalue weighted by molar-refractivity contribution is 0.311. The summed E-state index contributed by atoms with van der Waals surface area (Å²) in [5.74, 6) is 0. The zero-order chi connectivity index (χ0) is 6.69. The van der Waals surface area contributed by atoms with Gasteiger partial charge in [0, 0.05) is 30.4 Å². The van der Waals surface area contributed by atoms with Gasteiger partial charge < -0.3 is 9.80 Å². The first-order chi connectivity index (χ1) is 4.33. The molecular weight excluding hydrogens is 354 g/mol. The summed E-state index contributed by atoms with van der Waals surface area (Å²) in [4.78, 5) is 4.47. The third-order valence-electron chi connectivity index (χ3n) is 1.31. The van der Waals surface area contributed by atoms with Crippen LogP contribution in [-0.4, -0.2) is 34.5 Å². The van der Waals surface area contributed by atoms with E-state index in [-0.39, 0.29) is 24.0 Å². The Morgan fingerprint density at radius 1 is 1.50 bits per heavy atom. The maximum Gasteiger partial charge on any atom is 0.0891 e. The molecule has 1 heterocycles. The first kappa shape index (κ1) is 10.8. The SMILES string of the molecule is CN1C=CN(CCI)C1.I. The van der Waals surface area contributed by atoms with Gasteiger partial charge in [0.2, 0.25) is 0 Å². The fourth-order valence-corrected chi connectivity index (χ4v) is 1.46. The zero-order valence-corrected chi connectivity index (χ0v) is 10.4. The van der Waals surface area contributed by atoms with Crippen molar-refractivity contribution in [2.24, 2.45) is 0 Å². The molecule has 0 saturated heterocycles. The van der Waals surface area contributed by atoms with E-state index in [2.05, 4.69) is 51.8 Å². The standard InChI is InChI=1S/C6H11IN2.HI/c1-8-4-5-9(6-8)3-2-7;/h4-5H,2-3,6H2,1H3;1H. The number of nitrogens with zero attached hydrogens (tertiary/aromatic N) is 2. The molecule has 0 aromatic carbocycles. The molecule has 0 fully saturated rings. The summed E-state index contributed by atoms with van der Waals surface area (Å²) >= 11 is 2.39. The molecule has 0 spiro atoms. The van der Waals surface area contributed by atoms with Gasteiger partial charge in [-0.05, 0) is 0 Å². The van der Waals surface area contributed by atoms with E-state index in [1.165, 1.54) is 11.0 Å². The summed E-state index contributed by atoms with van der Waals surface area (Å²) < 4.78 is 1.20. The van der Waals surface area contributed by atoms with Crippen LogP contribution in [-0.2, 0) is 0 Å². The molecule has 0 aromatic heterocycles. The van der Waals surface area contributed by atoms with Crippen molar-refractivity contribution in [3.63, 3.8) is 0 Å². The molecule has 0 unspecified atom stereocenters. The average Bonchev–Trinajstić information content (AvgIpc) is 2.17. The maximum atomic E-state index is 2.39. The minimum Gasteiger partial charge on any atom is -0.362 e. The molecule has 0 radical (unpaired) electrons. The molecule has 0 bridgehead atoms. The van der Waals surface area contributed by atoms with Gasteiger partial charge in [-0.1, -0.05) is 22.6 Å². The third-order valence-corrected chi connectivity index (χ3v) is 1.79. The summed E-state index contributed by atoms with van der Waals surface area (Å²) in [6.07, 6.45) is 4.24. The number of rotatable bonds is 2. The summed E-state index contributed by atoms with van der Waals surface area (Å²) in [7, 11) is 2.09. The summed E-state index contributed by atoms with van der Waals surface area (Å²) in [6.45, 7) is 2.23. The monoisotopic (exact) mass is 366 g/mol. The molecule has 2 nitrogen and oxygen atoms in total. The van der Waals surface area contributed by atoms with Crippen LogP contribution in [0.3, 0.4) is 0 Å². The lowest BCUT2D eigenvalue weighted by Gasteiger charge is -2.15. The second kappa shape index (κ2) is 5.45. The van der Waals surface area contributed by atoms with Crippen LogP contribution in [0, 0.1) is 0 Å². The topological polar surface area (TPSA) is 6.48 Å². The Morgan fingerprint density at radius 3 is 2.60 bits per heavy atom. The first-order valence-electron chi connectivity index (χ1n) is 3.01. The average molecular weight is 366 g/mol. The molecule has 0 aromatic rings. The molecule has 4 heteroatoms. The molecule has 0 amide bonds. The van der Waals surface area contributed by atoms with Gasteiger partial charge >= 0.3 is 0 Å². The second-order valence-electron chi connectivity index (χ2n) is 2.20. The normalized spacial score (nSPS) is 15.8. The van der Waals surface area contributed by atoms with Crippen molar-refractivity contribution in [2.75, 3.05) is 24.7 Å². The predicted octanol–water partition coefficient (Wildman–Crippen LogP) is 1.72. The van der Waals surface area contributed by atoms with Crippen LogP contribution in [0.5, 0.6) is 0 Å². The molecule has 0 N–H and O–H groups in total. The quantitative estimate of drug-likeness (QED) is 0.543. The highest BCUT2D eigenvalue weighted by Gasteiger charge is 2.05. The van der Waals surface area contributed by atoms with Crippen LogP contribution in [0.15, 0.2) is 12.4 Å². The van der Waals surface area contributed by atoms with Gasteiger partial charge in [0.1, 0.15) is 0 Å². The Morgan fingerprint density at radius 2 is 2.20 bits per heavy atom. The van der Waals surface area contributed by atoms with Crippen LogP contribution in [0.25, 0.3) is 0 Å². The molecule has 10 heavy (non-hydrogen) atoms. The highest BCUT2D eigenvalue weighted by Crippen LogP contribution is 2.02. The first-order valence-corrected chi connectivity index (χ1v) is 4.54. The van der Waals surface area contributed by atoms with E-state index in [0.717, 1.165) is 6.67 Å². The Labute approximate surface area is 92.8 Å². The van der Waals surface area contributed by atoms with Crippen LogP contribution in [0.4, 0.5) is 0 Å². The van der Waals surface area contributed by atoms with Crippen molar-refractivity contribution in [1.29, 1.82) is 0 Å². The fourth-order valence-electron chi connectivity index (χ4n) is 0.843.